The SMILES string of the molecule is CC(=O)NCC(=O)N1CCC[C@@H](c2ncc(C)[nH]2)C1. The number of aryl methyl sites for hydroxylation is 1. The smallest absolute Gasteiger partial charge is 0.241 e. The highest BCUT2D eigenvalue weighted by atomic mass is 16.2. The van der Waals surface area contributed by atoms with E-state index in [9.17, 15) is 9.59 Å². The zero-order valence-corrected chi connectivity index (χ0v) is 11.4. The first kappa shape index (κ1) is 13.6. The van der Waals surface area contributed by atoms with Gasteiger partial charge < -0.3 is 15.2 Å². The molecular weight excluding hydrogens is 244 g/mol. The molecule has 1 aliphatic heterocycles. The van der Waals surface area contributed by atoms with Crippen molar-refractivity contribution in [2.24, 2.45) is 0 Å². The molecule has 1 aromatic heterocycles. The molecule has 19 heavy (non-hydrogen) atoms. The summed E-state index contributed by atoms with van der Waals surface area (Å²) < 4.78 is 0. The molecule has 2 rings (SSSR count). The van der Waals surface area contributed by atoms with Gasteiger partial charge in [0, 0.05) is 37.8 Å². The van der Waals surface area contributed by atoms with Gasteiger partial charge >= 0.3 is 0 Å². The molecule has 6 heteroatoms. The summed E-state index contributed by atoms with van der Waals surface area (Å²) in [7, 11) is 0. The van der Waals surface area contributed by atoms with E-state index in [-0.39, 0.29) is 24.3 Å². The molecule has 0 radical (unpaired) electrons. The molecule has 1 aliphatic rings. The third kappa shape index (κ3) is 3.56. The van der Waals surface area contributed by atoms with Gasteiger partial charge in [-0.2, -0.15) is 0 Å². The maximum atomic E-state index is 12.0. The van der Waals surface area contributed by atoms with Gasteiger partial charge in [-0.25, -0.2) is 4.98 Å². The fraction of sp³-hybridized carbons (Fsp3) is 0.615. The lowest BCUT2D eigenvalue weighted by molar-refractivity contribution is -0.133. The third-order valence-electron chi connectivity index (χ3n) is 3.37. The number of nitrogens with zero attached hydrogens (tertiary/aromatic N) is 2. The van der Waals surface area contributed by atoms with Crippen LogP contribution in [0.15, 0.2) is 6.20 Å². The quantitative estimate of drug-likeness (QED) is 0.837. The Morgan fingerprint density at radius 2 is 2.37 bits per heavy atom. The van der Waals surface area contributed by atoms with Crippen LogP contribution in [0.1, 0.15) is 37.2 Å². The minimum absolute atomic E-state index is 0.0248. The maximum Gasteiger partial charge on any atom is 0.241 e. The van der Waals surface area contributed by atoms with Crippen LogP contribution < -0.4 is 5.32 Å². The Bertz CT molecular complexity index is 469. The highest BCUT2D eigenvalue weighted by molar-refractivity contribution is 5.83. The first-order valence-electron chi connectivity index (χ1n) is 6.60. The van der Waals surface area contributed by atoms with Crippen molar-refractivity contribution in [2.45, 2.75) is 32.6 Å². The van der Waals surface area contributed by atoms with E-state index in [0.717, 1.165) is 30.9 Å². The Morgan fingerprint density at radius 1 is 1.58 bits per heavy atom. The molecule has 0 unspecified atom stereocenters. The molecule has 1 fully saturated rings. The van der Waals surface area contributed by atoms with Crippen molar-refractivity contribution in [3.8, 4) is 0 Å². The summed E-state index contributed by atoms with van der Waals surface area (Å²) in [4.78, 5) is 32.2. The summed E-state index contributed by atoms with van der Waals surface area (Å²) in [5.41, 5.74) is 1.04. The van der Waals surface area contributed by atoms with Gasteiger partial charge in [0.15, 0.2) is 0 Å². The number of imidazole rings is 1. The summed E-state index contributed by atoms with van der Waals surface area (Å²) in [5, 5.41) is 2.55. The van der Waals surface area contributed by atoms with Crippen LogP contribution in [0.25, 0.3) is 0 Å². The summed E-state index contributed by atoms with van der Waals surface area (Å²) in [6, 6.07) is 0. The zero-order chi connectivity index (χ0) is 13.8. The maximum absolute atomic E-state index is 12.0. The van der Waals surface area contributed by atoms with Gasteiger partial charge in [0.05, 0.1) is 6.54 Å². The van der Waals surface area contributed by atoms with Crippen LogP contribution in [-0.4, -0.2) is 46.3 Å². The molecule has 2 amide bonds. The summed E-state index contributed by atoms with van der Waals surface area (Å²) in [6.45, 7) is 4.90. The monoisotopic (exact) mass is 264 g/mol. The van der Waals surface area contributed by atoms with E-state index in [1.807, 2.05) is 18.0 Å². The van der Waals surface area contributed by atoms with Gasteiger partial charge in [0.2, 0.25) is 11.8 Å². The van der Waals surface area contributed by atoms with E-state index >= 15 is 0 Å². The Balaban J connectivity index is 1.93. The van der Waals surface area contributed by atoms with Crippen molar-refractivity contribution in [1.29, 1.82) is 0 Å². The van der Waals surface area contributed by atoms with Crippen molar-refractivity contribution in [2.75, 3.05) is 19.6 Å². The highest BCUT2D eigenvalue weighted by Crippen LogP contribution is 2.24. The molecule has 2 N–H and O–H groups in total. The van der Waals surface area contributed by atoms with E-state index < -0.39 is 0 Å². The first-order chi connectivity index (χ1) is 9.06. The number of piperidine rings is 1. The number of aromatic nitrogens is 2. The molecule has 1 aromatic rings. The number of H-pyrrole nitrogens is 1. The van der Waals surface area contributed by atoms with E-state index in [0.29, 0.717) is 6.54 Å². The second-order valence-electron chi connectivity index (χ2n) is 5.04. The minimum Gasteiger partial charge on any atom is -0.347 e. The predicted octanol–water partition coefficient (Wildman–Crippen LogP) is 0.560. The van der Waals surface area contributed by atoms with E-state index in [1.165, 1.54) is 6.92 Å². The van der Waals surface area contributed by atoms with Gasteiger partial charge in [0.25, 0.3) is 0 Å². The van der Waals surface area contributed by atoms with Crippen molar-refractivity contribution in [3.05, 3.63) is 17.7 Å². The summed E-state index contributed by atoms with van der Waals surface area (Å²) in [5.74, 6) is 1.02. The van der Waals surface area contributed by atoms with Crippen LogP contribution in [0.2, 0.25) is 0 Å². The standard InChI is InChI=1S/C13H20N4O2/c1-9-6-15-13(16-9)11-4-3-5-17(8-11)12(19)7-14-10(2)18/h6,11H,3-5,7-8H2,1-2H3,(H,14,18)(H,15,16)/t11-/m1/s1. The number of amides is 2. The molecule has 1 atom stereocenters. The number of hydrogen-bond acceptors (Lipinski definition) is 3. The average Bonchev–Trinajstić information content (AvgIpc) is 2.83. The second kappa shape index (κ2) is 5.86. The highest BCUT2D eigenvalue weighted by Gasteiger charge is 2.26. The summed E-state index contributed by atoms with van der Waals surface area (Å²) in [6.07, 6.45) is 3.82. The van der Waals surface area contributed by atoms with Crippen LogP contribution in [0, 0.1) is 6.92 Å². The Hall–Kier alpha value is -1.85. The number of carbonyl (C=O) groups is 2. The van der Waals surface area contributed by atoms with Gasteiger partial charge in [-0.15, -0.1) is 0 Å². The third-order valence-corrected chi connectivity index (χ3v) is 3.37. The molecule has 0 aliphatic carbocycles. The fourth-order valence-electron chi connectivity index (χ4n) is 2.38. The predicted molar refractivity (Wildman–Crippen MR) is 70.6 cm³/mol. The topological polar surface area (TPSA) is 78.1 Å². The fourth-order valence-corrected chi connectivity index (χ4v) is 2.38. The lowest BCUT2D eigenvalue weighted by atomic mass is 9.97. The molecule has 104 valence electrons. The number of nitrogens with one attached hydrogen (secondary N) is 2. The molecule has 0 saturated carbocycles. The van der Waals surface area contributed by atoms with Crippen molar-refractivity contribution < 1.29 is 9.59 Å². The molecule has 2 heterocycles. The van der Waals surface area contributed by atoms with Crippen LogP contribution in [0.3, 0.4) is 0 Å². The van der Waals surface area contributed by atoms with Crippen LogP contribution in [0.5, 0.6) is 0 Å². The lowest BCUT2D eigenvalue weighted by Crippen LogP contribution is -2.44. The van der Waals surface area contributed by atoms with Crippen molar-refractivity contribution in [3.63, 3.8) is 0 Å². The largest absolute Gasteiger partial charge is 0.347 e. The molecule has 6 nitrogen and oxygen atoms in total. The molecule has 0 spiro atoms. The van der Waals surface area contributed by atoms with Crippen LogP contribution in [-0.2, 0) is 9.59 Å². The Kier molecular flexibility index (Phi) is 4.19. The van der Waals surface area contributed by atoms with E-state index in [4.69, 9.17) is 0 Å². The number of carbonyl (C=O) groups excluding carboxylic acids is 2. The van der Waals surface area contributed by atoms with Gasteiger partial charge in [-0.1, -0.05) is 0 Å². The Labute approximate surface area is 112 Å². The summed E-state index contributed by atoms with van der Waals surface area (Å²) >= 11 is 0. The zero-order valence-electron chi connectivity index (χ0n) is 11.4. The first-order valence-corrected chi connectivity index (χ1v) is 6.60. The number of rotatable bonds is 3. The molecule has 0 bridgehead atoms. The number of likely N-dealkylation sites (tertiary alicyclic amines) is 1. The second-order valence-corrected chi connectivity index (χ2v) is 5.04. The number of aromatic amines is 1. The van der Waals surface area contributed by atoms with Crippen LogP contribution >= 0.6 is 0 Å². The molecule has 0 aromatic carbocycles. The van der Waals surface area contributed by atoms with Gasteiger partial charge in [-0.05, 0) is 19.8 Å². The minimum atomic E-state index is -0.177. The van der Waals surface area contributed by atoms with Crippen molar-refractivity contribution in [1.82, 2.24) is 20.2 Å². The Morgan fingerprint density at radius 3 is 3.00 bits per heavy atom. The molecule has 1 saturated heterocycles. The van der Waals surface area contributed by atoms with Gasteiger partial charge in [-0.3, -0.25) is 9.59 Å². The van der Waals surface area contributed by atoms with E-state index in [1.54, 1.807) is 0 Å². The van der Waals surface area contributed by atoms with Crippen LogP contribution in [0.4, 0.5) is 0 Å². The number of hydrogen-bond donors (Lipinski definition) is 2. The van der Waals surface area contributed by atoms with E-state index in [2.05, 4.69) is 15.3 Å². The normalized spacial score (nSPS) is 19.3. The van der Waals surface area contributed by atoms with Gasteiger partial charge in [0.1, 0.15) is 5.82 Å². The van der Waals surface area contributed by atoms with Crippen molar-refractivity contribution >= 4 is 11.8 Å². The molecular formula is C13H20N4O2. The lowest BCUT2D eigenvalue weighted by Gasteiger charge is -2.32. The average molecular weight is 264 g/mol.